The van der Waals surface area contributed by atoms with Crippen molar-refractivity contribution in [1.29, 1.82) is 0 Å². The van der Waals surface area contributed by atoms with Crippen LogP contribution >= 0.6 is 0 Å². The van der Waals surface area contributed by atoms with Gasteiger partial charge in [-0.1, -0.05) is 6.92 Å². The van der Waals surface area contributed by atoms with Crippen LogP contribution in [0.15, 0.2) is 18.3 Å². The van der Waals surface area contributed by atoms with Crippen molar-refractivity contribution in [3.63, 3.8) is 0 Å². The minimum atomic E-state index is -0.485. The Balaban J connectivity index is 2.39. The lowest BCUT2D eigenvalue weighted by atomic mass is 10.3. The van der Waals surface area contributed by atoms with Crippen LogP contribution in [0.3, 0.4) is 0 Å². The number of carbonyl (C=O) groups is 1. The van der Waals surface area contributed by atoms with E-state index in [1.165, 1.54) is 6.20 Å². The molecule has 0 aliphatic heterocycles. The molecule has 0 saturated heterocycles. The van der Waals surface area contributed by atoms with E-state index in [4.69, 9.17) is 10.5 Å². The highest BCUT2D eigenvalue weighted by Crippen LogP contribution is 2.06. The Labute approximate surface area is 88.6 Å². The van der Waals surface area contributed by atoms with E-state index < -0.39 is 5.91 Å². The van der Waals surface area contributed by atoms with Gasteiger partial charge in [0.25, 0.3) is 0 Å². The van der Waals surface area contributed by atoms with Crippen LogP contribution in [0, 0.1) is 0 Å². The number of nitrogens with two attached hydrogens (primary N) is 1. The Morgan fingerprint density at radius 1 is 1.60 bits per heavy atom. The zero-order chi connectivity index (χ0) is 11.1. The Hall–Kier alpha value is -1.62. The number of likely N-dealkylation sites (N-methyl/N-ethyl adjacent to an activating group) is 1. The minimum Gasteiger partial charge on any atom is -0.476 e. The first kappa shape index (κ1) is 11.5. The van der Waals surface area contributed by atoms with Crippen molar-refractivity contribution in [2.45, 2.75) is 6.92 Å². The third-order valence-corrected chi connectivity index (χ3v) is 1.80. The van der Waals surface area contributed by atoms with Gasteiger partial charge in [0.2, 0.25) is 11.8 Å². The third-order valence-electron chi connectivity index (χ3n) is 1.80. The van der Waals surface area contributed by atoms with Gasteiger partial charge in [0.1, 0.15) is 6.61 Å². The molecule has 1 heterocycles. The molecule has 82 valence electrons. The lowest BCUT2D eigenvalue weighted by molar-refractivity contribution is 0.1000. The molecule has 0 spiro atoms. The fourth-order valence-electron chi connectivity index (χ4n) is 1.02. The number of carbonyl (C=O) groups excluding carboxylic acids is 1. The van der Waals surface area contributed by atoms with Crippen LogP contribution in [0.4, 0.5) is 0 Å². The van der Waals surface area contributed by atoms with Gasteiger partial charge in [-0.2, -0.15) is 0 Å². The van der Waals surface area contributed by atoms with E-state index in [0.29, 0.717) is 18.1 Å². The second-order valence-electron chi connectivity index (χ2n) is 2.95. The number of aromatic nitrogens is 1. The van der Waals surface area contributed by atoms with Crippen LogP contribution in [0.5, 0.6) is 5.88 Å². The van der Waals surface area contributed by atoms with Crippen molar-refractivity contribution < 1.29 is 9.53 Å². The molecule has 0 unspecified atom stereocenters. The lowest BCUT2D eigenvalue weighted by Gasteiger charge is -2.05. The quantitative estimate of drug-likeness (QED) is 0.655. The summed E-state index contributed by atoms with van der Waals surface area (Å²) >= 11 is 0. The molecule has 0 saturated carbocycles. The van der Waals surface area contributed by atoms with Gasteiger partial charge in [0.15, 0.2) is 0 Å². The molecule has 3 N–H and O–H groups in total. The van der Waals surface area contributed by atoms with Crippen LogP contribution in [0.25, 0.3) is 0 Å². The topological polar surface area (TPSA) is 77.2 Å². The van der Waals surface area contributed by atoms with E-state index in [9.17, 15) is 4.79 Å². The zero-order valence-electron chi connectivity index (χ0n) is 8.69. The average molecular weight is 209 g/mol. The fourth-order valence-corrected chi connectivity index (χ4v) is 1.02. The summed E-state index contributed by atoms with van der Waals surface area (Å²) in [5.74, 6) is 0.0135. The first-order valence-corrected chi connectivity index (χ1v) is 4.83. The molecule has 0 aromatic carbocycles. The molecule has 1 amide bonds. The van der Waals surface area contributed by atoms with Gasteiger partial charge in [-0.15, -0.1) is 0 Å². The van der Waals surface area contributed by atoms with Gasteiger partial charge in [0.05, 0.1) is 5.56 Å². The molecule has 1 aromatic rings. The van der Waals surface area contributed by atoms with Gasteiger partial charge in [0, 0.05) is 18.8 Å². The van der Waals surface area contributed by atoms with Gasteiger partial charge in [-0.3, -0.25) is 4.79 Å². The fraction of sp³-hybridized carbons (Fsp3) is 0.400. The molecular weight excluding hydrogens is 194 g/mol. The van der Waals surface area contributed by atoms with Gasteiger partial charge in [-0.05, 0) is 12.6 Å². The van der Waals surface area contributed by atoms with Gasteiger partial charge < -0.3 is 15.8 Å². The lowest BCUT2D eigenvalue weighted by Crippen LogP contribution is -2.20. The first-order valence-electron chi connectivity index (χ1n) is 4.83. The summed E-state index contributed by atoms with van der Waals surface area (Å²) in [6.07, 6.45) is 1.41. The number of amides is 1. The molecule has 0 fully saturated rings. The first-order chi connectivity index (χ1) is 7.24. The largest absolute Gasteiger partial charge is 0.476 e. The molecule has 1 rings (SSSR count). The summed E-state index contributed by atoms with van der Waals surface area (Å²) in [7, 11) is 0. The number of nitrogens with zero attached hydrogens (tertiary/aromatic N) is 1. The normalized spacial score (nSPS) is 9.93. The smallest absolute Gasteiger partial charge is 0.250 e. The zero-order valence-corrected chi connectivity index (χ0v) is 8.69. The van der Waals surface area contributed by atoms with Crippen LogP contribution in [-0.2, 0) is 0 Å². The minimum absolute atomic E-state index is 0.383. The van der Waals surface area contributed by atoms with Crippen LogP contribution in [0.2, 0.25) is 0 Å². The highest BCUT2D eigenvalue weighted by Gasteiger charge is 2.00. The van der Waals surface area contributed by atoms with Crippen molar-refractivity contribution in [2.75, 3.05) is 19.7 Å². The Kier molecular flexibility index (Phi) is 4.56. The average Bonchev–Trinajstić information content (AvgIpc) is 2.25. The van der Waals surface area contributed by atoms with Crippen molar-refractivity contribution >= 4 is 5.91 Å². The molecule has 0 bridgehead atoms. The molecule has 5 nitrogen and oxygen atoms in total. The summed E-state index contributed by atoms with van der Waals surface area (Å²) in [6.45, 7) is 4.27. The second kappa shape index (κ2) is 5.98. The van der Waals surface area contributed by atoms with Gasteiger partial charge in [-0.25, -0.2) is 4.98 Å². The molecule has 0 aliphatic rings. The van der Waals surface area contributed by atoms with Crippen LogP contribution < -0.4 is 15.8 Å². The summed E-state index contributed by atoms with van der Waals surface area (Å²) in [6, 6.07) is 3.23. The number of hydrogen-bond donors (Lipinski definition) is 2. The van der Waals surface area contributed by atoms with E-state index in [1.807, 2.05) is 6.92 Å². The van der Waals surface area contributed by atoms with Crippen molar-refractivity contribution in [3.05, 3.63) is 23.9 Å². The maximum absolute atomic E-state index is 10.7. The molecule has 0 radical (unpaired) electrons. The number of ether oxygens (including phenoxy) is 1. The molecule has 15 heavy (non-hydrogen) atoms. The summed E-state index contributed by atoms with van der Waals surface area (Å²) in [5.41, 5.74) is 5.46. The Bertz CT molecular complexity index is 311. The van der Waals surface area contributed by atoms with Crippen LogP contribution in [0.1, 0.15) is 17.3 Å². The predicted octanol–water partition coefficient (Wildman–Crippen LogP) is 0.169. The number of primary amides is 1. The maximum Gasteiger partial charge on any atom is 0.250 e. The summed E-state index contributed by atoms with van der Waals surface area (Å²) in [5, 5.41) is 3.12. The van der Waals surface area contributed by atoms with Crippen molar-refractivity contribution in [1.82, 2.24) is 10.3 Å². The van der Waals surface area contributed by atoms with E-state index in [1.54, 1.807) is 12.1 Å². The number of nitrogens with one attached hydrogen (secondary N) is 1. The second-order valence-corrected chi connectivity index (χ2v) is 2.95. The Morgan fingerprint density at radius 3 is 2.93 bits per heavy atom. The molecule has 0 aliphatic carbocycles. The van der Waals surface area contributed by atoms with Gasteiger partial charge >= 0.3 is 0 Å². The molecule has 0 atom stereocenters. The standard InChI is InChI=1S/C10H15N3O2/c1-2-12-5-6-15-9-4-3-8(7-13-9)10(11)14/h3-4,7,12H,2,5-6H2,1H3,(H2,11,14). The molecular formula is C10H15N3O2. The van der Waals surface area contributed by atoms with Crippen molar-refractivity contribution in [2.24, 2.45) is 5.73 Å². The summed E-state index contributed by atoms with van der Waals surface area (Å²) < 4.78 is 5.32. The highest BCUT2D eigenvalue weighted by molar-refractivity contribution is 5.92. The summed E-state index contributed by atoms with van der Waals surface area (Å²) in [4.78, 5) is 14.7. The van der Waals surface area contributed by atoms with E-state index >= 15 is 0 Å². The van der Waals surface area contributed by atoms with E-state index in [-0.39, 0.29) is 0 Å². The number of pyridine rings is 1. The molecule has 1 aromatic heterocycles. The third kappa shape index (κ3) is 3.95. The van der Waals surface area contributed by atoms with E-state index in [0.717, 1.165) is 13.1 Å². The van der Waals surface area contributed by atoms with Crippen molar-refractivity contribution in [3.8, 4) is 5.88 Å². The molecule has 5 heteroatoms. The number of rotatable bonds is 6. The van der Waals surface area contributed by atoms with E-state index in [2.05, 4.69) is 10.3 Å². The predicted molar refractivity (Wildman–Crippen MR) is 56.8 cm³/mol. The monoisotopic (exact) mass is 209 g/mol. The SMILES string of the molecule is CCNCCOc1ccc(C(N)=O)cn1. The Morgan fingerprint density at radius 2 is 2.40 bits per heavy atom. The number of hydrogen-bond acceptors (Lipinski definition) is 4. The maximum atomic E-state index is 10.7. The highest BCUT2D eigenvalue weighted by atomic mass is 16.5. The van der Waals surface area contributed by atoms with Crippen LogP contribution in [-0.4, -0.2) is 30.6 Å².